The Morgan fingerprint density at radius 1 is 1.33 bits per heavy atom. The third-order valence-electron chi connectivity index (χ3n) is 2.98. The van der Waals surface area contributed by atoms with Crippen LogP contribution in [-0.2, 0) is 0 Å². The fourth-order valence-corrected chi connectivity index (χ4v) is 1.76. The van der Waals surface area contributed by atoms with Gasteiger partial charge in [0.1, 0.15) is 0 Å². The van der Waals surface area contributed by atoms with Crippen LogP contribution in [0.4, 0.5) is 4.79 Å². The van der Waals surface area contributed by atoms with E-state index in [0.29, 0.717) is 6.54 Å². The van der Waals surface area contributed by atoms with Crippen LogP contribution in [0.15, 0.2) is 0 Å². The molecular formula is C10H22N4O. The molecule has 0 saturated carbocycles. The van der Waals surface area contributed by atoms with Crippen molar-refractivity contribution in [1.29, 1.82) is 0 Å². The highest BCUT2D eigenvalue weighted by atomic mass is 16.2. The largest absolute Gasteiger partial charge is 0.351 e. The number of carbonyl (C=O) groups is 1. The number of hydrogen-bond acceptors (Lipinski definition) is 3. The van der Waals surface area contributed by atoms with Crippen molar-refractivity contribution in [2.45, 2.75) is 6.92 Å². The Morgan fingerprint density at radius 3 is 2.40 bits per heavy atom. The van der Waals surface area contributed by atoms with Crippen molar-refractivity contribution in [1.82, 2.24) is 14.7 Å². The van der Waals surface area contributed by atoms with Gasteiger partial charge in [-0.2, -0.15) is 0 Å². The van der Waals surface area contributed by atoms with Gasteiger partial charge in [0.25, 0.3) is 0 Å². The highest BCUT2D eigenvalue weighted by Crippen LogP contribution is 1.99. The van der Waals surface area contributed by atoms with Gasteiger partial charge in [-0.3, -0.25) is 4.90 Å². The number of piperazine rings is 1. The van der Waals surface area contributed by atoms with E-state index >= 15 is 0 Å². The summed E-state index contributed by atoms with van der Waals surface area (Å²) in [5.41, 5.74) is 5.25. The van der Waals surface area contributed by atoms with Crippen LogP contribution in [0.25, 0.3) is 0 Å². The molecule has 2 amide bonds. The van der Waals surface area contributed by atoms with Crippen LogP contribution in [0.2, 0.25) is 0 Å². The Hall–Kier alpha value is -0.810. The molecule has 0 spiro atoms. The summed E-state index contributed by atoms with van der Waals surface area (Å²) in [5.74, 6) is 0. The highest BCUT2D eigenvalue weighted by molar-refractivity contribution is 5.71. The molecule has 2 N–H and O–H groups in total. The number of likely N-dealkylation sites (N-methyl/N-ethyl adjacent to an activating group) is 2. The summed E-state index contributed by atoms with van der Waals surface area (Å²) in [6, 6.07) is -0.313. The van der Waals surface area contributed by atoms with Crippen LogP contribution in [0.5, 0.6) is 0 Å². The lowest BCUT2D eigenvalue weighted by Gasteiger charge is -2.33. The summed E-state index contributed by atoms with van der Waals surface area (Å²) >= 11 is 0. The fraction of sp³-hybridized carbons (Fsp3) is 0.900. The predicted octanol–water partition coefficient (Wildman–Crippen LogP) is -0.366. The van der Waals surface area contributed by atoms with E-state index in [2.05, 4.69) is 16.8 Å². The molecule has 1 fully saturated rings. The summed E-state index contributed by atoms with van der Waals surface area (Å²) in [5, 5.41) is 0. The van der Waals surface area contributed by atoms with E-state index in [4.69, 9.17) is 5.73 Å². The number of amides is 2. The average molecular weight is 214 g/mol. The normalized spacial score (nSPS) is 19.1. The molecule has 88 valence electrons. The van der Waals surface area contributed by atoms with Gasteiger partial charge < -0.3 is 15.5 Å². The molecule has 1 rings (SSSR count). The van der Waals surface area contributed by atoms with E-state index in [1.54, 1.807) is 4.90 Å². The van der Waals surface area contributed by atoms with Crippen molar-refractivity contribution in [2.75, 3.05) is 52.9 Å². The number of rotatable bonds is 4. The Morgan fingerprint density at radius 2 is 1.93 bits per heavy atom. The predicted molar refractivity (Wildman–Crippen MR) is 60.8 cm³/mol. The molecule has 1 saturated heterocycles. The van der Waals surface area contributed by atoms with E-state index in [0.717, 1.165) is 39.3 Å². The topological polar surface area (TPSA) is 52.8 Å². The number of nitrogens with zero attached hydrogens (tertiary/aromatic N) is 3. The lowest BCUT2D eigenvalue weighted by atomic mass is 10.3. The third-order valence-corrected chi connectivity index (χ3v) is 2.98. The standard InChI is InChI=1S/C10H22N4O/c1-3-14(10(11)15)9-8-13-6-4-12(2)5-7-13/h3-9H2,1-2H3,(H2,11,15). The van der Waals surface area contributed by atoms with Gasteiger partial charge in [0, 0.05) is 45.8 Å². The maximum atomic E-state index is 11.0. The van der Waals surface area contributed by atoms with Crippen LogP contribution < -0.4 is 5.73 Å². The first-order chi connectivity index (χ1) is 7.13. The Labute approximate surface area is 91.8 Å². The van der Waals surface area contributed by atoms with Crippen molar-refractivity contribution in [3.05, 3.63) is 0 Å². The second-order valence-corrected chi connectivity index (χ2v) is 4.06. The second kappa shape index (κ2) is 5.92. The molecule has 0 aromatic rings. The lowest BCUT2D eigenvalue weighted by Crippen LogP contribution is -2.48. The minimum Gasteiger partial charge on any atom is -0.351 e. The van der Waals surface area contributed by atoms with Gasteiger partial charge >= 0.3 is 6.03 Å². The van der Waals surface area contributed by atoms with E-state index < -0.39 is 0 Å². The van der Waals surface area contributed by atoms with Crippen molar-refractivity contribution in [3.63, 3.8) is 0 Å². The SMILES string of the molecule is CCN(CCN1CCN(C)CC1)C(N)=O. The zero-order valence-electron chi connectivity index (χ0n) is 9.78. The summed E-state index contributed by atoms with van der Waals surface area (Å²) in [6.45, 7) is 8.74. The van der Waals surface area contributed by atoms with E-state index in [-0.39, 0.29) is 6.03 Å². The molecule has 0 unspecified atom stereocenters. The summed E-state index contributed by atoms with van der Waals surface area (Å²) < 4.78 is 0. The lowest BCUT2D eigenvalue weighted by molar-refractivity contribution is 0.140. The van der Waals surface area contributed by atoms with Crippen LogP contribution >= 0.6 is 0 Å². The number of primary amides is 1. The van der Waals surface area contributed by atoms with Gasteiger partial charge in [-0.1, -0.05) is 0 Å². The van der Waals surface area contributed by atoms with Gasteiger partial charge in [0.2, 0.25) is 0 Å². The molecule has 1 aliphatic rings. The molecule has 5 nitrogen and oxygen atoms in total. The Kier molecular flexibility index (Phi) is 4.84. The highest BCUT2D eigenvalue weighted by Gasteiger charge is 2.15. The zero-order chi connectivity index (χ0) is 11.3. The van der Waals surface area contributed by atoms with Crippen molar-refractivity contribution in [2.24, 2.45) is 5.73 Å². The second-order valence-electron chi connectivity index (χ2n) is 4.06. The summed E-state index contributed by atoms with van der Waals surface area (Å²) in [4.78, 5) is 17.4. The maximum absolute atomic E-state index is 11.0. The van der Waals surface area contributed by atoms with Crippen molar-refractivity contribution < 1.29 is 4.79 Å². The summed E-state index contributed by atoms with van der Waals surface area (Å²) in [6.07, 6.45) is 0. The third kappa shape index (κ3) is 4.05. The van der Waals surface area contributed by atoms with E-state index in [1.165, 1.54) is 0 Å². The molecule has 15 heavy (non-hydrogen) atoms. The fourth-order valence-electron chi connectivity index (χ4n) is 1.76. The van der Waals surface area contributed by atoms with Crippen molar-refractivity contribution >= 4 is 6.03 Å². The molecule has 0 aromatic heterocycles. The maximum Gasteiger partial charge on any atom is 0.314 e. The number of nitrogens with two attached hydrogens (primary N) is 1. The monoisotopic (exact) mass is 214 g/mol. The van der Waals surface area contributed by atoms with Gasteiger partial charge in [-0.05, 0) is 14.0 Å². The molecule has 1 heterocycles. The van der Waals surface area contributed by atoms with Crippen LogP contribution in [0.3, 0.4) is 0 Å². The molecule has 0 bridgehead atoms. The summed E-state index contributed by atoms with van der Waals surface area (Å²) in [7, 11) is 2.14. The van der Waals surface area contributed by atoms with Gasteiger partial charge in [-0.15, -0.1) is 0 Å². The van der Waals surface area contributed by atoms with Gasteiger partial charge in [0.15, 0.2) is 0 Å². The van der Waals surface area contributed by atoms with Gasteiger partial charge in [-0.25, -0.2) is 4.79 Å². The van der Waals surface area contributed by atoms with E-state index in [9.17, 15) is 4.79 Å². The molecule has 0 aromatic carbocycles. The molecule has 0 aliphatic carbocycles. The molecule has 5 heteroatoms. The smallest absolute Gasteiger partial charge is 0.314 e. The van der Waals surface area contributed by atoms with Crippen LogP contribution in [0.1, 0.15) is 6.92 Å². The van der Waals surface area contributed by atoms with Crippen molar-refractivity contribution in [3.8, 4) is 0 Å². The molecular weight excluding hydrogens is 192 g/mol. The van der Waals surface area contributed by atoms with Crippen LogP contribution in [-0.4, -0.2) is 73.6 Å². The minimum atomic E-state index is -0.313. The van der Waals surface area contributed by atoms with Gasteiger partial charge in [0.05, 0.1) is 0 Å². The average Bonchev–Trinajstić information content (AvgIpc) is 2.21. The zero-order valence-corrected chi connectivity index (χ0v) is 9.78. The number of hydrogen-bond donors (Lipinski definition) is 1. The minimum absolute atomic E-state index is 0.313. The Bertz CT molecular complexity index is 202. The first-order valence-corrected chi connectivity index (χ1v) is 5.58. The molecule has 0 atom stereocenters. The molecule has 0 radical (unpaired) electrons. The van der Waals surface area contributed by atoms with Crippen LogP contribution in [0, 0.1) is 0 Å². The number of urea groups is 1. The molecule has 1 aliphatic heterocycles. The first kappa shape index (κ1) is 12.3. The van der Waals surface area contributed by atoms with E-state index in [1.807, 2.05) is 6.92 Å². The first-order valence-electron chi connectivity index (χ1n) is 5.58. The quantitative estimate of drug-likeness (QED) is 0.695. The number of carbonyl (C=O) groups excluding carboxylic acids is 1. The Balaban J connectivity index is 2.21.